The van der Waals surface area contributed by atoms with E-state index in [0.29, 0.717) is 17.1 Å². The van der Waals surface area contributed by atoms with E-state index in [2.05, 4.69) is 23.5 Å². The van der Waals surface area contributed by atoms with E-state index in [1.54, 1.807) is 18.2 Å². The molecule has 0 saturated heterocycles. The monoisotopic (exact) mass is 376 g/mol. The number of allylic oxidation sites excluding steroid dienone is 1. The summed E-state index contributed by atoms with van der Waals surface area (Å²) in [5.74, 6) is 1.18. The van der Waals surface area contributed by atoms with Crippen molar-refractivity contribution < 1.29 is 13.2 Å². The molecule has 7 heteroatoms. The van der Waals surface area contributed by atoms with E-state index >= 15 is 0 Å². The van der Waals surface area contributed by atoms with Gasteiger partial charge in [0.25, 0.3) is 0 Å². The summed E-state index contributed by atoms with van der Waals surface area (Å²) in [6, 6.07) is 5.96. The van der Waals surface area contributed by atoms with Gasteiger partial charge in [0.15, 0.2) is 5.82 Å². The molecule has 1 heterocycles. The highest BCUT2D eigenvalue weighted by Gasteiger charge is 2.26. The van der Waals surface area contributed by atoms with Crippen LogP contribution in [0.2, 0.25) is 0 Å². The highest BCUT2D eigenvalue weighted by molar-refractivity contribution is 5.71. The van der Waals surface area contributed by atoms with Crippen molar-refractivity contribution in [1.29, 1.82) is 0 Å². The summed E-state index contributed by atoms with van der Waals surface area (Å²) in [6.45, 7) is 9.74. The minimum atomic E-state index is -4.47. The largest absolute Gasteiger partial charge is 0.482 e. The number of benzene rings is 1. The van der Waals surface area contributed by atoms with Gasteiger partial charge in [0, 0.05) is 30.1 Å². The average Bonchev–Trinajstić information content (AvgIpc) is 2.61. The second kappa shape index (κ2) is 8.24. The van der Waals surface area contributed by atoms with Gasteiger partial charge in [-0.25, -0.2) is 9.97 Å². The van der Waals surface area contributed by atoms with Gasteiger partial charge in [-0.3, -0.25) is 5.32 Å². The van der Waals surface area contributed by atoms with Crippen LogP contribution in [0.5, 0.6) is 0 Å². The van der Waals surface area contributed by atoms with Gasteiger partial charge in [-0.2, -0.15) is 13.2 Å². The molecule has 2 rings (SSSR count). The van der Waals surface area contributed by atoms with Gasteiger partial charge >= 0.3 is 6.30 Å². The normalized spacial score (nSPS) is 12.0. The molecule has 0 saturated carbocycles. The first-order valence-corrected chi connectivity index (χ1v) is 8.51. The van der Waals surface area contributed by atoms with Crippen molar-refractivity contribution in [3.63, 3.8) is 0 Å². The highest BCUT2D eigenvalue weighted by atomic mass is 19.4. The summed E-state index contributed by atoms with van der Waals surface area (Å²) in [6.07, 6.45) is 0.00358. The predicted octanol–water partition coefficient (Wildman–Crippen LogP) is 5.78. The maximum Gasteiger partial charge on any atom is 0.482 e. The van der Waals surface area contributed by atoms with Crippen molar-refractivity contribution in [3.05, 3.63) is 54.0 Å². The lowest BCUT2D eigenvalue weighted by Crippen LogP contribution is -2.20. The molecule has 0 fully saturated rings. The molecule has 27 heavy (non-hydrogen) atoms. The topological polar surface area (TPSA) is 41.1 Å². The molecular weight excluding hydrogens is 353 g/mol. The zero-order valence-electron chi connectivity index (χ0n) is 15.9. The van der Waals surface area contributed by atoms with E-state index in [1.165, 1.54) is 23.0 Å². The van der Waals surface area contributed by atoms with Crippen LogP contribution in [0.15, 0.2) is 42.6 Å². The number of nitrogens with zero attached hydrogens (tertiary/aromatic N) is 3. The van der Waals surface area contributed by atoms with Gasteiger partial charge in [-0.15, -0.1) is 0 Å². The summed E-state index contributed by atoms with van der Waals surface area (Å²) in [5, 5.41) is 1.49. The molecule has 0 atom stereocenters. The Kier molecular flexibility index (Phi) is 6.25. The molecule has 0 amide bonds. The molecule has 0 bridgehead atoms. The average molecular weight is 376 g/mol. The Morgan fingerprint density at radius 3 is 2.37 bits per heavy atom. The van der Waals surface area contributed by atoms with Crippen molar-refractivity contribution in [2.75, 3.05) is 17.3 Å². The van der Waals surface area contributed by atoms with Gasteiger partial charge in [0.2, 0.25) is 0 Å². The molecule has 0 spiro atoms. The number of nitrogens with one attached hydrogen (secondary N) is 1. The minimum Gasteiger partial charge on any atom is -0.336 e. The molecule has 0 aliphatic heterocycles. The zero-order valence-corrected chi connectivity index (χ0v) is 15.9. The third-order valence-electron chi connectivity index (χ3n) is 4.07. The molecule has 0 radical (unpaired) electrons. The fourth-order valence-corrected chi connectivity index (χ4v) is 2.60. The first-order chi connectivity index (χ1) is 12.6. The van der Waals surface area contributed by atoms with E-state index in [4.69, 9.17) is 0 Å². The van der Waals surface area contributed by atoms with Crippen LogP contribution >= 0.6 is 0 Å². The third kappa shape index (κ3) is 5.32. The Labute approximate surface area is 157 Å². The number of aromatic nitrogens is 2. The number of rotatable bonds is 6. The maximum atomic E-state index is 12.4. The highest BCUT2D eigenvalue weighted by Crippen LogP contribution is 2.30. The first kappa shape index (κ1) is 20.5. The van der Waals surface area contributed by atoms with Crippen molar-refractivity contribution in [1.82, 2.24) is 9.97 Å². The first-order valence-electron chi connectivity index (χ1n) is 8.51. The summed E-state index contributed by atoms with van der Waals surface area (Å²) in [7, 11) is 1.90. The van der Waals surface area contributed by atoms with Gasteiger partial charge in [0.05, 0.1) is 5.69 Å². The second-order valence-corrected chi connectivity index (χ2v) is 6.22. The van der Waals surface area contributed by atoms with Crippen LogP contribution in [0.25, 0.3) is 17.3 Å². The van der Waals surface area contributed by atoms with E-state index < -0.39 is 6.30 Å². The van der Waals surface area contributed by atoms with Crippen LogP contribution in [-0.2, 0) is 0 Å². The number of hydrogen-bond acceptors (Lipinski definition) is 4. The van der Waals surface area contributed by atoms with Gasteiger partial charge in [0.1, 0.15) is 5.82 Å². The van der Waals surface area contributed by atoms with Crippen molar-refractivity contribution in [2.24, 2.45) is 0 Å². The lowest BCUT2D eigenvalue weighted by molar-refractivity contribution is -0.0999. The fourth-order valence-electron chi connectivity index (χ4n) is 2.60. The molecule has 0 aliphatic rings. The summed E-state index contributed by atoms with van der Waals surface area (Å²) < 4.78 is 37.3. The fraction of sp³-hybridized carbons (Fsp3) is 0.300. The van der Waals surface area contributed by atoms with E-state index in [0.717, 1.165) is 17.8 Å². The Morgan fingerprint density at radius 1 is 1.22 bits per heavy atom. The van der Waals surface area contributed by atoms with Crippen LogP contribution in [0.1, 0.15) is 31.7 Å². The van der Waals surface area contributed by atoms with Crippen molar-refractivity contribution >= 4 is 17.6 Å². The Morgan fingerprint density at radius 2 is 1.85 bits per heavy atom. The SMILES string of the molecule is C=Cc1nc(-c2ccc(NC(F)(F)F)cc2)c(C)c(N(C)/C=C(\C)CC)n1. The molecule has 144 valence electrons. The zero-order chi connectivity index (χ0) is 20.2. The molecule has 1 aromatic carbocycles. The maximum absolute atomic E-state index is 12.4. The predicted molar refractivity (Wildman–Crippen MR) is 104 cm³/mol. The smallest absolute Gasteiger partial charge is 0.336 e. The number of hydrogen-bond donors (Lipinski definition) is 1. The molecule has 4 nitrogen and oxygen atoms in total. The minimum absolute atomic E-state index is 0.0271. The van der Waals surface area contributed by atoms with Crippen LogP contribution in [0, 0.1) is 6.92 Å². The molecule has 0 aliphatic carbocycles. The second-order valence-electron chi connectivity index (χ2n) is 6.22. The Bertz CT molecular complexity index is 840. The number of anilines is 2. The van der Waals surface area contributed by atoms with Crippen LogP contribution < -0.4 is 10.2 Å². The Balaban J connectivity index is 2.47. The molecule has 0 unspecified atom stereocenters. The molecule has 1 aromatic heterocycles. The standard InChI is InChI=1S/C20H23F3N4/c1-6-13(3)12-27(5)19-14(4)18(24-17(7-2)25-19)15-8-10-16(11-9-15)26-20(21,22)23/h7-12,26H,2,6H2,1,3-5H3/b13-12+. The van der Waals surface area contributed by atoms with E-state index in [-0.39, 0.29) is 5.69 Å². The van der Waals surface area contributed by atoms with Gasteiger partial charge < -0.3 is 4.90 Å². The Hall–Kier alpha value is -2.83. The van der Waals surface area contributed by atoms with Crippen molar-refractivity contribution in [2.45, 2.75) is 33.5 Å². The lowest BCUT2D eigenvalue weighted by atomic mass is 10.1. The summed E-state index contributed by atoms with van der Waals surface area (Å²) in [5.41, 5.74) is 3.36. The van der Waals surface area contributed by atoms with Crippen LogP contribution in [-0.4, -0.2) is 23.3 Å². The summed E-state index contributed by atoms with van der Waals surface area (Å²) in [4.78, 5) is 10.9. The van der Waals surface area contributed by atoms with E-state index in [1.807, 2.05) is 32.0 Å². The van der Waals surface area contributed by atoms with Gasteiger partial charge in [-0.1, -0.05) is 31.2 Å². The summed E-state index contributed by atoms with van der Waals surface area (Å²) >= 11 is 0. The molecule has 1 N–H and O–H groups in total. The quantitative estimate of drug-likeness (QED) is 0.649. The van der Waals surface area contributed by atoms with Crippen LogP contribution in [0.4, 0.5) is 24.7 Å². The van der Waals surface area contributed by atoms with Crippen LogP contribution in [0.3, 0.4) is 0 Å². The number of alkyl halides is 3. The lowest BCUT2D eigenvalue weighted by Gasteiger charge is -2.19. The third-order valence-corrected chi connectivity index (χ3v) is 4.07. The van der Waals surface area contributed by atoms with E-state index in [9.17, 15) is 13.2 Å². The molecule has 2 aromatic rings. The van der Waals surface area contributed by atoms with Gasteiger partial charge in [-0.05, 0) is 38.5 Å². The molecular formula is C20H23F3N4. The van der Waals surface area contributed by atoms with Crippen molar-refractivity contribution in [3.8, 4) is 11.3 Å². The number of halogens is 3.